The second-order valence-electron chi connectivity index (χ2n) is 8.23. The van der Waals surface area contributed by atoms with Gasteiger partial charge in [0.1, 0.15) is 5.75 Å². The van der Waals surface area contributed by atoms with Crippen LogP contribution in [0.25, 0.3) is 0 Å². The van der Waals surface area contributed by atoms with Crippen LogP contribution in [-0.2, 0) is 19.6 Å². The molecule has 2 N–H and O–H groups in total. The summed E-state index contributed by atoms with van der Waals surface area (Å²) in [6.45, 7) is 4.31. The van der Waals surface area contributed by atoms with Crippen molar-refractivity contribution < 1.29 is 22.7 Å². The molecule has 2 aromatic rings. The molecule has 0 saturated carbocycles. The highest BCUT2D eigenvalue weighted by atomic mass is 32.2. The van der Waals surface area contributed by atoms with E-state index in [-0.39, 0.29) is 12.6 Å². The van der Waals surface area contributed by atoms with Gasteiger partial charge < -0.3 is 15.4 Å². The molecule has 2 amide bonds. The van der Waals surface area contributed by atoms with Gasteiger partial charge in [0.05, 0.1) is 17.7 Å². The molecule has 178 valence electrons. The lowest BCUT2D eigenvalue weighted by molar-refractivity contribution is -0.136. The molecule has 1 aliphatic heterocycles. The molecule has 1 saturated heterocycles. The zero-order valence-electron chi connectivity index (χ0n) is 19.3. The van der Waals surface area contributed by atoms with E-state index in [1.807, 2.05) is 19.1 Å². The number of para-hydroxylation sites is 2. The molecule has 33 heavy (non-hydrogen) atoms. The van der Waals surface area contributed by atoms with Crippen LogP contribution >= 0.6 is 0 Å². The molecule has 0 radical (unpaired) electrons. The summed E-state index contributed by atoms with van der Waals surface area (Å²) in [4.78, 5) is 24.9. The van der Waals surface area contributed by atoms with Gasteiger partial charge in [0.25, 0.3) is 0 Å². The Kier molecular flexibility index (Phi) is 8.10. The third kappa shape index (κ3) is 5.91. The molecule has 3 rings (SSSR count). The van der Waals surface area contributed by atoms with Crippen molar-refractivity contribution in [3.8, 4) is 5.75 Å². The van der Waals surface area contributed by atoms with Gasteiger partial charge in [-0.25, -0.2) is 8.42 Å². The Morgan fingerprint density at radius 1 is 1.09 bits per heavy atom. The number of methoxy groups -OCH3 is 1. The van der Waals surface area contributed by atoms with Crippen LogP contribution in [0.4, 0.5) is 5.69 Å². The highest BCUT2D eigenvalue weighted by molar-refractivity contribution is 7.89. The first-order chi connectivity index (χ1) is 15.7. The Morgan fingerprint density at radius 3 is 2.61 bits per heavy atom. The first-order valence-corrected chi connectivity index (χ1v) is 12.5. The number of nitrogens with zero attached hydrogens (tertiary/aromatic N) is 1. The monoisotopic (exact) mass is 473 g/mol. The summed E-state index contributed by atoms with van der Waals surface area (Å²) in [5.74, 6) is -1.13. The fourth-order valence-corrected chi connectivity index (χ4v) is 6.09. The number of piperidine rings is 1. The molecule has 8 nitrogen and oxygen atoms in total. The van der Waals surface area contributed by atoms with Crippen LogP contribution in [-0.4, -0.2) is 50.8 Å². The van der Waals surface area contributed by atoms with Crippen molar-refractivity contribution in [3.63, 3.8) is 0 Å². The zero-order valence-corrected chi connectivity index (χ0v) is 20.1. The van der Waals surface area contributed by atoms with Gasteiger partial charge in [-0.05, 0) is 62.4 Å². The topological polar surface area (TPSA) is 105 Å². The SMILES string of the molecule is COc1ccccc1NC(=O)C(=O)NCC[C@H]1CCCCN1S(=O)(=O)c1cc(C)ccc1C. The minimum atomic E-state index is -3.65. The molecule has 1 atom stereocenters. The summed E-state index contributed by atoms with van der Waals surface area (Å²) in [7, 11) is -2.17. The lowest BCUT2D eigenvalue weighted by Crippen LogP contribution is -2.46. The standard InChI is InChI=1S/C24H31N3O5S/c1-17-11-12-18(2)22(16-17)33(30,31)27-15-7-6-8-19(27)13-14-25-23(28)24(29)26-20-9-4-5-10-21(20)32-3/h4-5,9-12,16,19H,6-8,13-15H2,1-3H3,(H,25,28)(H,26,29)/t19-/m1/s1. The molecule has 1 heterocycles. The maximum atomic E-state index is 13.4. The predicted octanol–water partition coefficient (Wildman–Crippen LogP) is 3.00. The Labute approximate surface area is 195 Å². The Bertz CT molecular complexity index is 1120. The number of carbonyl (C=O) groups is 2. The number of anilines is 1. The van der Waals surface area contributed by atoms with E-state index in [1.165, 1.54) is 7.11 Å². The molecule has 1 fully saturated rings. The zero-order chi connectivity index (χ0) is 24.0. The fourth-order valence-electron chi connectivity index (χ4n) is 4.05. The van der Waals surface area contributed by atoms with Crippen LogP contribution in [0.5, 0.6) is 5.75 Å². The second-order valence-corrected chi connectivity index (χ2v) is 10.1. The van der Waals surface area contributed by atoms with E-state index < -0.39 is 21.8 Å². The van der Waals surface area contributed by atoms with E-state index in [0.717, 1.165) is 18.4 Å². The van der Waals surface area contributed by atoms with Crippen LogP contribution in [0.2, 0.25) is 0 Å². The van der Waals surface area contributed by atoms with E-state index in [0.29, 0.717) is 41.3 Å². The van der Waals surface area contributed by atoms with Gasteiger partial charge >= 0.3 is 11.8 Å². The minimum absolute atomic E-state index is 0.196. The maximum absolute atomic E-state index is 13.4. The summed E-state index contributed by atoms with van der Waals surface area (Å²) in [5, 5.41) is 5.14. The van der Waals surface area contributed by atoms with Crippen molar-refractivity contribution in [2.75, 3.05) is 25.5 Å². The molecular weight excluding hydrogens is 442 g/mol. The van der Waals surface area contributed by atoms with Crippen LogP contribution in [0.3, 0.4) is 0 Å². The summed E-state index contributed by atoms with van der Waals surface area (Å²) in [5.41, 5.74) is 2.01. The van der Waals surface area contributed by atoms with Crippen LogP contribution in [0.15, 0.2) is 47.4 Å². The quantitative estimate of drug-likeness (QED) is 0.602. The molecule has 0 spiro atoms. The van der Waals surface area contributed by atoms with Gasteiger partial charge in [-0.3, -0.25) is 9.59 Å². The molecular formula is C24H31N3O5S. The summed E-state index contributed by atoms with van der Waals surface area (Å²) in [6, 6.07) is 12.0. The van der Waals surface area contributed by atoms with E-state index in [1.54, 1.807) is 41.6 Å². The molecule has 0 bridgehead atoms. The predicted molar refractivity (Wildman–Crippen MR) is 127 cm³/mol. The molecule has 0 aromatic heterocycles. The third-order valence-corrected chi connectivity index (χ3v) is 7.92. The average molecular weight is 474 g/mol. The number of rotatable bonds is 7. The number of nitrogens with one attached hydrogen (secondary N) is 2. The normalized spacial score (nSPS) is 16.8. The number of ether oxygens (including phenoxy) is 1. The van der Waals surface area contributed by atoms with Gasteiger partial charge in [-0.2, -0.15) is 4.31 Å². The van der Waals surface area contributed by atoms with Gasteiger partial charge in [-0.1, -0.05) is 30.7 Å². The highest BCUT2D eigenvalue weighted by Crippen LogP contribution is 2.29. The Hall–Kier alpha value is -2.91. The van der Waals surface area contributed by atoms with Gasteiger partial charge in [-0.15, -0.1) is 0 Å². The van der Waals surface area contributed by atoms with E-state index in [9.17, 15) is 18.0 Å². The third-order valence-electron chi connectivity index (χ3n) is 5.83. The first kappa shape index (κ1) is 24.7. The number of hydrogen-bond donors (Lipinski definition) is 2. The maximum Gasteiger partial charge on any atom is 0.313 e. The minimum Gasteiger partial charge on any atom is -0.495 e. The number of benzene rings is 2. The summed E-state index contributed by atoms with van der Waals surface area (Å²) in [6.07, 6.45) is 2.87. The lowest BCUT2D eigenvalue weighted by atomic mass is 10.0. The van der Waals surface area contributed by atoms with Crippen LogP contribution in [0, 0.1) is 13.8 Å². The Morgan fingerprint density at radius 2 is 1.85 bits per heavy atom. The van der Waals surface area contributed by atoms with E-state index in [2.05, 4.69) is 10.6 Å². The Balaban J connectivity index is 1.62. The van der Waals surface area contributed by atoms with Crippen molar-refractivity contribution >= 4 is 27.5 Å². The number of hydrogen-bond acceptors (Lipinski definition) is 5. The van der Waals surface area contributed by atoms with Crippen molar-refractivity contribution in [2.45, 2.75) is 50.5 Å². The summed E-state index contributed by atoms with van der Waals surface area (Å²) >= 11 is 0. The average Bonchev–Trinajstić information content (AvgIpc) is 2.81. The van der Waals surface area contributed by atoms with Crippen molar-refractivity contribution in [2.24, 2.45) is 0 Å². The van der Waals surface area contributed by atoms with Gasteiger partial charge in [0.15, 0.2) is 0 Å². The number of aryl methyl sites for hydroxylation is 2. The summed E-state index contributed by atoms with van der Waals surface area (Å²) < 4.78 is 33.5. The second kappa shape index (κ2) is 10.8. The number of carbonyl (C=O) groups excluding carboxylic acids is 2. The van der Waals surface area contributed by atoms with Gasteiger partial charge in [0.2, 0.25) is 10.0 Å². The van der Waals surface area contributed by atoms with E-state index in [4.69, 9.17) is 4.74 Å². The molecule has 9 heteroatoms. The van der Waals surface area contributed by atoms with Crippen LogP contribution in [0.1, 0.15) is 36.8 Å². The number of amides is 2. The number of sulfonamides is 1. The molecule has 1 aliphatic rings. The van der Waals surface area contributed by atoms with Crippen LogP contribution < -0.4 is 15.4 Å². The largest absolute Gasteiger partial charge is 0.495 e. The lowest BCUT2D eigenvalue weighted by Gasteiger charge is -2.35. The van der Waals surface area contributed by atoms with Crippen molar-refractivity contribution in [1.82, 2.24) is 9.62 Å². The van der Waals surface area contributed by atoms with Crippen molar-refractivity contribution in [3.05, 3.63) is 53.6 Å². The van der Waals surface area contributed by atoms with E-state index >= 15 is 0 Å². The van der Waals surface area contributed by atoms with Crippen molar-refractivity contribution in [1.29, 1.82) is 0 Å². The molecule has 0 aliphatic carbocycles. The molecule has 2 aromatic carbocycles. The smallest absolute Gasteiger partial charge is 0.313 e. The first-order valence-electron chi connectivity index (χ1n) is 11.1. The van der Waals surface area contributed by atoms with Gasteiger partial charge in [0, 0.05) is 19.1 Å². The fraction of sp³-hybridized carbons (Fsp3) is 0.417. The highest BCUT2D eigenvalue weighted by Gasteiger charge is 2.34. The molecule has 0 unspecified atom stereocenters.